The van der Waals surface area contributed by atoms with Crippen molar-refractivity contribution in [3.05, 3.63) is 22.4 Å². The minimum absolute atomic E-state index is 0.0505. The van der Waals surface area contributed by atoms with Crippen LogP contribution in [0.4, 0.5) is 0 Å². The smallest absolute Gasteiger partial charge is 0.242 e. The topological polar surface area (TPSA) is 79.3 Å². The second kappa shape index (κ2) is 6.85. The normalized spacial score (nSPS) is 13.8. The van der Waals surface area contributed by atoms with Crippen LogP contribution >= 0.6 is 23.2 Å². The maximum absolute atomic E-state index is 12.2. The Morgan fingerprint density at radius 1 is 1.42 bits per heavy atom. The predicted octanol–water partition coefficient (Wildman–Crippen LogP) is 2.07. The first-order valence-corrected chi connectivity index (χ1v) is 7.96. The number of halogens is 2. The van der Waals surface area contributed by atoms with Crippen molar-refractivity contribution >= 4 is 33.2 Å². The zero-order valence-electron chi connectivity index (χ0n) is 10.6. The van der Waals surface area contributed by atoms with Crippen LogP contribution in [0, 0.1) is 5.92 Å². The Hall–Kier alpha value is -0.400. The number of nitrogens with zero attached hydrogens (tertiary/aromatic N) is 1. The molecule has 0 saturated heterocycles. The van der Waals surface area contributed by atoms with Crippen LogP contribution in [0.3, 0.4) is 0 Å². The van der Waals surface area contributed by atoms with Crippen LogP contribution in [0.1, 0.15) is 20.3 Å². The number of sulfonamides is 1. The highest BCUT2D eigenvalue weighted by atomic mass is 35.5. The number of aliphatic hydroxyl groups excluding tert-OH is 1. The van der Waals surface area contributed by atoms with Gasteiger partial charge in [0, 0.05) is 18.8 Å². The molecule has 0 amide bonds. The molecule has 2 N–H and O–H groups in total. The summed E-state index contributed by atoms with van der Waals surface area (Å²) < 4.78 is 26.8. The van der Waals surface area contributed by atoms with Gasteiger partial charge in [0.25, 0.3) is 0 Å². The minimum atomic E-state index is -3.73. The van der Waals surface area contributed by atoms with E-state index in [0.717, 1.165) is 6.20 Å². The van der Waals surface area contributed by atoms with Crippen molar-refractivity contribution < 1.29 is 13.5 Å². The fourth-order valence-corrected chi connectivity index (χ4v) is 3.21. The summed E-state index contributed by atoms with van der Waals surface area (Å²) in [7, 11) is -3.73. The fraction of sp³-hybridized carbons (Fsp3) is 0.545. The molecule has 0 bridgehead atoms. The molecule has 1 aromatic heterocycles. The lowest BCUT2D eigenvalue weighted by molar-refractivity contribution is 0.256. The van der Waals surface area contributed by atoms with Crippen molar-refractivity contribution in [2.45, 2.75) is 31.2 Å². The van der Waals surface area contributed by atoms with E-state index in [-0.39, 0.29) is 33.6 Å². The van der Waals surface area contributed by atoms with E-state index in [4.69, 9.17) is 28.3 Å². The molecule has 0 saturated carbocycles. The third-order valence-corrected chi connectivity index (χ3v) is 4.78. The van der Waals surface area contributed by atoms with E-state index in [1.165, 1.54) is 6.07 Å². The van der Waals surface area contributed by atoms with Gasteiger partial charge in [-0.15, -0.1) is 0 Å². The van der Waals surface area contributed by atoms with Crippen LogP contribution in [0.15, 0.2) is 17.2 Å². The van der Waals surface area contributed by atoms with Crippen LogP contribution in [-0.4, -0.2) is 31.2 Å². The first-order chi connectivity index (χ1) is 8.77. The molecule has 0 spiro atoms. The van der Waals surface area contributed by atoms with Gasteiger partial charge in [0.05, 0.1) is 5.02 Å². The highest BCUT2D eigenvalue weighted by Gasteiger charge is 2.23. The molecule has 5 nitrogen and oxygen atoms in total. The Morgan fingerprint density at radius 2 is 2.05 bits per heavy atom. The number of aromatic nitrogens is 1. The Morgan fingerprint density at radius 3 is 2.53 bits per heavy atom. The van der Waals surface area contributed by atoms with E-state index < -0.39 is 10.0 Å². The molecule has 1 aromatic rings. The van der Waals surface area contributed by atoms with E-state index in [9.17, 15) is 8.42 Å². The van der Waals surface area contributed by atoms with Gasteiger partial charge < -0.3 is 5.11 Å². The van der Waals surface area contributed by atoms with Gasteiger partial charge in [0.2, 0.25) is 10.0 Å². The van der Waals surface area contributed by atoms with Gasteiger partial charge in [-0.25, -0.2) is 18.1 Å². The summed E-state index contributed by atoms with van der Waals surface area (Å²) in [6.45, 7) is 3.65. The van der Waals surface area contributed by atoms with Crippen LogP contribution < -0.4 is 4.72 Å². The summed E-state index contributed by atoms with van der Waals surface area (Å²) in [5.41, 5.74) is 0. The molecule has 108 valence electrons. The number of aliphatic hydroxyl groups is 1. The number of rotatable bonds is 6. The van der Waals surface area contributed by atoms with Gasteiger partial charge in [-0.05, 0) is 18.4 Å². The summed E-state index contributed by atoms with van der Waals surface area (Å²) in [5.74, 6) is 0.0534. The third kappa shape index (κ3) is 4.57. The maximum Gasteiger partial charge on any atom is 0.242 e. The zero-order chi connectivity index (χ0) is 14.6. The molecule has 0 aromatic carbocycles. The van der Waals surface area contributed by atoms with E-state index in [0.29, 0.717) is 6.42 Å². The lowest BCUT2D eigenvalue weighted by Gasteiger charge is -2.21. The lowest BCUT2D eigenvalue weighted by atomic mass is 10.0. The van der Waals surface area contributed by atoms with E-state index in [1.54, 1.807) is 0 Å². The Kier molecular flexibility index (Phi) is 6.01. The van der Waals surface area contributed by atoms with Crippen LogP contribution in [0.25, 0.3) is 0 Å². The number of nitrogens with one attached hydrogen (secondary N) is 1. The average Bonchev–Trinajstić information content (AvgIpc) is 2.31. The van der Waals surface area contributed by atoms with Gasteiger partial charge >= 0.3 is 0 Å². The first kappa shape index (κ1) is 16.7. The van der Waals surface area contributed by atoms with Crippen molar-refractivity contribution in [3.8, 4) is 0 Å². The van der Waals surface area contributed by atoms with E-state index in [2.05, 4.69) is 9.71 Å². The summed E-state index contributed by atoms with van der Waals surface area (Å²) >= 11 is 11.4. The van der Waals surface area contributed by atoms with E-state index >= 15 is 0 Å². The standard InChI is InChI=1S/C11H16Cl2N2O3S/c1-7(2)10(3-4-16)15-19(17,18)8-5-9(12)11(13)14-6-8/h5-7,10,15-16H,3-4H2,1-2H3. The summed E-state index contributed by atoms with van der Waals surface area (Å²) in [5, 5.41) is 9.08. The second-order valence-corrected chi connectivity index (χ2v) is 6.91. The SMILES string of the molecule is CC(C)C(CCO)NS(=O)(=O)c1cnc(Cl)c(Cl)c1. The van der Waals surface area contributed by atoms with Gasteiger partial charge in [-0.2, -0.15) is 0 Å². The van der Waals surface area contributed by atoms with Crippen LogP contribution in [-0.2, 0) is 10.0 Å². The Balaban J connectivity index is 2.99. The average molecular weight is 327 g/mol. The molecule has 1 atom stereocenters. The summed E-state index contributed by atoms with van der Waals surface area (Å²) in [6.07, 6.45) is 1.48. The van der Waals surface area contributed by atoms with Crippen LogP contribution in [0.2, 0.25) is 10.2 Å². The molecule has 1 heterocycles. The molecule has 1 unspecified atom stereocenters. The fourth-order valence-electron chi connectivity index (χ4n) is 1.49. The van der Waals surface area contributed by atoms with Crippen molar-refractivity contribution in [3.63, 3.8) is 0 Å². The summed E-state index contributed by atoms with van der Waals surface area (Å²) in [4.78, 5) is 3.66. The van der Waals surface area contributed by atoms with Crippen molar-refractivity contribution in [1.82, 2.24) is 9.71 Å². The molecular formula is C11H16Cl2N2O3S. The van der Waals surface area contributed by atoms with Gasteiger partial charge in [0.1, 0.15) is 10.0 Å². The molecule has 0 radical (unpaired) electrons. The largest absolute Gasteiger partial charge is 0.396 e. The molecule has 8 heteroatoms. The molecular weight excluding hydrogens is 311 g/mol. The number of hydrogen-bond acceptors (Lipinski definition) is 4. The van der Waals surface area contributed by atoms with Gasteiger partial charge in [-0.3, -0.25) is 0 Å². The molecule has 0 aliphatic rings. The molecule has 0 aliphatic carbocycles. The maximum atomic E-state index is 12.2. The van der Waals surface area contributed by atoms with Crippen LogP contribution in [0.5, 0.6) is 0 Å². The Bertz CT molecular complexity index is 535. The van der Waals surface area contributed by atoms with E-state index in [1.807, 2.05) is 13.8 Å². The van der Waals surface area contributed by atoms with Crippen molar-refractivity contribution in [1.29, 1.82) is 0 Å². The minimum Gasteiger partial charge on any atom is -0.396 e. The molecule has 0 fully saturated rings. The lowest BCUT2D eigenvalue weighted by Crippen LogP contribution is -2.39. The highest BCUT2D eigenvalue weighted by Crippen LogP contribution is 2.22. The van der Waals surface area contributed by atoms with Gasteiger partial charge in [-0.1, -0.05) is 37.0 Å². The summed E-state index contributed by atoms with van der Waals surface area (Å²) in [6, 6.07) is 0.889. The zero-order valence-corrected chi connectivity index (χ0v) is 12.9. The molecule has 0 aliphatic heterocycles. The predicted molar refractivity (Wildman–Crippen MR) is 74.9 cm³/mol. The van der Waals surface area contributed by atoms with Crippen molar-refractivity contribution in [2.24, 2.45) is 5.92 Å². The quantitative estimate of drug-likeness (QED) is 0.784. The monoisotopic (exact) mass is 326 g/mol. The highest BCUT2D eigenvalue weighted by molar-refractivity contribution is 7.89. The Labute approximate surface area is 123 Å². The van der Waals surface area contributed by atoms with Crippen molar-refractivity contribution in [2.75, 3.05) is 6.61 Å². The number of pyridine rings is 1. The first-order valence-electron chi connectivity index (χ1n) is 5.72. The van der Waals surface area contributed by atoms with Gasteiger partial charge in [0.15, 0.2) is 0 Å². The molecule has 1 rings (SSSR count). The number of hydrogen-bond donors (Lipinski definition) is 2. The second-order valence-electron chi connectivity index (χ2n) is 4.43. The third-order valence-electron chi connectivity index (χ3n) is 2.63. The molecule has 19 heavy (non-hydrogen) atoms.